The summed E-state index contributed by atoms with van der Waals surface area (Å²) in [5.74, 6) is 0.567. The topological polar surface area (TPSA) is 0 Å². The van der Waals surface area contributed by atoms with Crippen LogP contribution in [0.3, 0.4) is 0 Å². The van der Waals surface area contributed by atoms with Crippen LogP contribution < -0.4 is 24.8 Å². The van der Waals surface area contributed by atoms with Crippen molar-refractivity contribution in [2.45, 2.75) is 18.3 Å². The van der Waals surface area contributed by atoms with E-state index in [2.05, 4.69) is 200 Å². The summed E-state index contributed by atoms with van der Waals surface area (Å²) in [6, 6.07) is 67.6. The molecule has 0 saturated heterocycles. The van der Waals surface area contributed by atoms with E-state index in [0.29, 0.717) is 0 Å². The van der Waals surface area contributed by atoms with E-state index < -0.39 is 0 Å². The third kappa shape index (κ3) is 9.09. The average Bonchev–Trinajstić information content (AvgIpc) is 3.90. The number of allylic oxidation sites excluding steroid dienone is 4. The molecule has 254 valence electrons. The first-order valence-corrected chi connectivity index (χ1v) is 18.5. The number of hydrogen-bond donors (Lipinski definition) is 0. The molecular weight excluding hydrogens is 751 g/mol. The average molecular weight is 789 g/mol. The van der Waals surface area contributed by atoms with Gasteiger partial charge in [0.1, 0.15) is 0 Å². The number of fused-ring (bicyclic) bond motifs is 5. The van der Waals surface area contributed by atoms with Gasteiger partial charge in [-0.1, -0.05) is 65.4 Å². The molecule has 8 aromatic carbocycles. The Morgan fingerprint density at radius 2 is 0.923 bits per heavy atom. The van der Waals surface area contributed by atoms with Gasteiger partial charge >= 0.3 is 183 Å². The zero-order valence-corrected chi connectivity index (χ0v) is 32.7. The van der Waals surface area contributed by atoms with Gasteiger partial charge in [-0.25, -0.2) is 12.2 Å². The second-order valence-electron chi connectivity index (χ2n) is 12.4. The van der Waals surface area contributed by atoms with Crippen LogP contribution in [-0.2, 0) is 24.2 Å². The van der Waals surface area contributed by atoms with Crippen LogP contribution in [0.15, 0.2) is 206 Å². The van der Waals surface area contributed by atoms with E-state index in [1.807, 2.05) is 12.2 Å². The molecule has 1 aliphatic carbocycles. The van der Waals surface area contributed by atoms with Crippen molar-refractivity contribution >= 4 is 35.5 Å². The van der Waals surface area contributed by atoms with Crippen LogP contribution in [0, 0.1) is 6.08 Å². The standard InChI is InChI=1S/C27H22.C17H11.C5H5.2ClH.Zr/c1-5-13-22(14-6-1)26(23-15-7-2-8-16-23)21-27(24-17-9-3-10-18-24)25-19-11-4-12-20-25;1-3-7-14-12(5-1)9-10-16-15-8-4-2-6-13(15)11-17(14)16;1-2-4-5-3-1;;;/h1-20,26-27H;1-11H;1-3H,4H2;2*1H;/q;2*-1;;;+2/p-2. The van der Waals surface area contributed by atoms with E-state index in [1.165, 1.54) is 82.0 Å². The van der Waals surface area contributed by atoms with Crippen LogP contribution in [0.2, 0.25) is 0 Å². The fraction of sp³-hybridized carbons (Fsp3) is 0.0612. The van der Waals surface area contributed by atoms with Gasteiger partial charge in [-0.15, -0.1) is 40.1 Å². The summed E-state index contributed by atoms with van der Waals surface area (Å²) >= 11 is 1.47. The molecule has 0 atom stereocenters. The van der Waals surface area contributed by atoms with Gasteiger partial charge < -0.3 is 24.8 Å². The second kappa shape index (κ2) is 19.4. The minimum absolute atomic E-state index is 0. The Labute approximate surface area is 335 Å². The molecule has 0 radical (unpaired) electrons. The molecule has 0 N–H and O–H groups in total. The largest absolute Gasteiger partial charge is 0.126 e. The van der Waals surface area contributed by atoms with Crippen LogP contribution in [-0.4, -0.2) is 3.21 Å². The van der Waals surface area contributed by atoms with E-state index in [0.717, 1.165) is 6.42 Å². The first-order chi connectivity index (χ1) is 24.8. The number of hydrogen-bond acceptors (Lipinski definition) is 0. The molecule has 0 amide bonds. The summed E-state index contributed by atoms with van der Waals surface area (Å²) in [6.45, 7) is 0. The fourth-order valence-corrected chi connectivity index (χ4v) is 8.54. The second-order valence-corrected chi connectivity index (χ2v) is 13.9. The molecule has 0 nitrogen and oxygen atoms in total. The van der Waals surface area contributed by atoms with Gasteiger partial charge in [0.15, 0.2) is 0 Å². The molecule has 0 spiro atoms. The van der Waals surface area contributed by atoms with E-state index in [9.17, 15) is 0 Å². The van der Waals surface area contributed by atoms with Gasteiger partial charge in [0.05, 0.1) is 0 Å². The van der Waals surface area contributed by atoms with Gasteiger partial charge in [-0.3, -0.25) is 6.08 Å². The summed E-state index contributed by atoms with van der Waals surface area (Å²) in [4.78, 5) is 0. The predicted molar refractivity (Wildman–Crippen MR) is 211 cm³/mol. The Hall–Kier alpha value is -4.52. The Morgan fingerprint density at radius 3 is 1.37 bits per heavy atom. The molecule has 0 aliphatic heterocycles. The van der Waals surface area contributed by atoms with E-state index in [1.54, 1.807) is 0 Å². The zero-order valence-electron chi connectivity index (χ0n) is 28.7. The Balaban J connectivity index is 0.000000184. The van der Waals surface area contributed by atoms with Crippen molar-refractivity contribution in [3.63, 3.8) is 0 Å². The molecule has 52 heavy (non-hydrogen) atoms. The minimum atomic E-state index is 0. The quantitative estimate of drug-likeness (QED) is 0.168. The third-order valence-electron chi connectivity index (χ3n) is 9.26. The van der Waals surface area contributed by atoms with Crippen molar-refractivity contribution in [1.82, 2.24) is 0 Å². The van der Waals surface area contributed by atoms with Crippen molar-refractivity contribution in [2.24, 2.45) is 0 Å². The number of halogens is 2. The van der Waals surface area contributed by atoms with E-state index in [4.69, 9.17) is 0 Å². The predicted octanol–water partition coefficient (Wildman–Crippen LogP) is 6.55. The Bertz CT molecular complexity index is 2190. The van der Waals surface area contributed by atoms with Crippen LogP contribution in [0.1, 0.15) is 40.5 Å². The molecule has 0 fully saturated rings. The van der Waals surface area contributed by atoms with E-state index in [-0.39, 0.29) is 36.6 Å². The monoisotopic (exact) mass is 786 g/mol. The molecule has 1 aliphatic rings. The summed E-state index contributed by atoms with van der Waals surface area (Å²) < 4.78 is 1.53. The van der Waals surface area contributed by atoms with Gasteiger partial charge in [0, 0.05) is 0 Å². The molecule has 9 rings (SSSR count). The normalized spacial score (nSPS) is 11.4. The summed E-state index contributed by atoms with van der Waals surface area (Å²) in [6.07, 6.45) is 10.0. The van der Waals surface area contributed by atoms with Gasteiger partial charge in [0.25, 0.3) is 0 Å². The smallest absolute Gasteiger partial charge is 0.0520 e. The zero-order chi connectivity index (χ0) is 34.0. The molecule has 0 unspecified atom stereocenters. The first-order valence-electron chi connectivity index (χ1n) is 17.2. The Morgan fingerprint density at radius 1 is 0.481 bits per heavy atom. The SMILES string of the molecule is [C-]1=CC=CC1.[Cl-].[Cl-].[Zr+2]=[C](C(c1ccccc1)c1ccccc1)C(c1ccccc1)c1ccccc1.c1ccc2c(c1)ccc1c3ccccc3[cH-]c21. The van der Waals surface area contributed by atoms with Crippen LogP contribution in [0.4, 0.5) is 0 Å². The molecule has 3 heteroatoms. The van der Waals surface area contributed by atoms with Crippen molar-refractivity contribution in [3.8, 4) is 0 Å². The van der Waals surface area contributed by atoms with Gasteiger partial charge in [0.2, 0.25) is 0 Å². The minimum Gasteiger partial charge on any atom is -0.126 e. The molecule has 0 aromatic heterocycles. The van der Waals surface area contributed by atoms with Gasteiger partial charge in [-0.2, -0.15) is 6.08 Å². The maximum absolute atomic E-state index is 2.99. The number of benzene rings is 7. The van der Waals surface area contributed by atoms with Crippen molar-refractivity contribution in [3.05, 3.63) is 235 Å². The molecule has 8 aromatic rings. The summed E-state index contributed by atoms with van der Waals surface area (Å²) in [7, 11) is 0. The van der Waals surface area contributed by atoms with Crippen molar-refractivity contribution in [2.75, 3.05) is 0 Å². The fourth-order valence-electron chi connectivity index (χ4n) is 6.90. The first kappa shape index (κ1) is 38.7. The van der Waals surface area contributed by atoms with Crippen LogP contribution >= 0.6 is 0 Å². The van der Waals surface area contributed by atoms with Crippen molar-refractivity contribution < 1.29 is 49.0 Å². The third-order valence-corrected chi connectivity index (χ3v) is 10.7. The van der Waals surface area contributed by atoms with Crippen LogP contribution in [0.5, 0.6) is 0 Å². The summed E-state index contributed by atoms with van der Waals surface area (Å²) in [5.41, 5.74) is 5.43. The molecule has 0 bridgehead atoms. The Kier molecular flexibility index (Phi) is 14.4. The van der Waals surface area contributed by atoms with E-state index >= 15 is 0 Å². The number of rotatable bonds is 6. The molecule has 0 heterocycles. The molecular formula is C49H38Cl2Zr-2. The summed E-state index contributed by atoms with van der Waals surface area (Å²) in [5, 5.41) is 8.08. The van der Waals surface area contributed by atoms with Crippen LogP contribution in [0.25, 0.3) is 32.3 Å². The van der Waals surface area contributed by atoms with Crippen molar-refractivity contribution in [1.29, 1.82) is 0 Å². The maximum Gasteiger partial charge on any atom is -0.0520 e. The maximum atomic E-state index is 2.99. The van der Waals surface area contributed by atoms with Gasteiger partial charge in [-0.05, 0) is 0 Å². The molecule has 0 saturated carbocycles.